The number of hydrogen-bond donors (Lipinski definition) is 3. The molecule has 0 amide bonds. The highest BCUT2D eigenvalue weighted by atomic mass is 16.5. The Labute approximate surface area is 98.8 Å². The van der Waals surface area contributed by atoms with Crippen LogP contribution >= 0.6 is 0 Å². The quantitative estimate of drug-likeness (QED) is 0.670. The molecule has 0 aromatic heterocycles. The van der Waals surface area contributed by atoms with Crippen LogP contribution in [0.25, 0.3) is 0 Å². The summed E-state index contributed by atoms with van der Waals surface area (Å²) >= 11 is 0. The van der Waals surface area contributed by atoms with Gasteiger partial charge in [-0.1, -0.05) is 6.07 Å². The van der Waals surface area contributed by atoms with E-state index in [1.807, 2.05) is 0 Å². The zero-order valence-corrected chi connectivity index (χ0v) is 9.51. The van der Waals surface area contributed by atoms with Crippen LogP contribution in [0.3, 0.4) is 0 Å². The molecule has 0 saturated heterocycles. The van der Waals surface area contributed by atoms with Gasteiger partial charge in [0.1, 0.15) is 17.5 Å². The second kappa shape index (κ2) is 3.92. The fourth-order valence-electron chi connectivity index (χ4n) is 2.18. The van der Waals surface area contributed by atoms with Crippen molar-refractivity contribution >= 4 is 5.97 Å². The molecule has 0 spiro atoms. The van der Waals surface area contributed by atoms with Gasteiger partial charge in [0.15, 0.2) is 0 Å². The highest BCUT2D eigenvalue weighted by molar-refractivity contribution is 5.79. The first-order valence-corrected chi connectivity index (χ1v) is 5.37. The normalized spacial score (nSPS) is 18.5. The molecule has 4 N–H and O–H groups in total. The molecule has 1 aliphatic carbocycles. The molecule has 0 radical (unpaired) electrons. The van der Waals surface area contributed by atoms with Gasteiger partial charge in [0, 0.05) is 17.0 Å². The van der Waals surface area contributed by atoms with Gasteiger partial charge in [-0.05, 0) is 18.9 Å². The lowest BCUT2D eigenvalue weighted by Gasteiger charge is -2.22. The Bertz CT molecular complexity index is 454. The van der Waals surface area contributed by atoms with Crippen molar-refractivity contribution in [2.75, 3.05) is 7.11 Å². The minimum absolute atomic E-state index is 0.0197. The number of benzene rings is 1. The summed E-state index contributed by atoms with van der Waals surface area (Å²) in [4.78, 5) is 11.5. The molecule has 1 aromatic carbocycles. The Balaban J connectivity index is 2.36. The number of nitrogens with two attached hydrogens (primary N) is 1. The molecule has 1 aromatic rings. The zero-order chi connectivity index (χ0) is 12.6. The van der Waals surface area contributed by atoms with Crippen LogP contribution in [-0.2, 0) is 14.9 Å². The predicted molar refractivity (Wildman–Crippen MR) is 60.7 cm³/mol. The molecule has 92 valence electrons. The summed E-state index contributed by atoms with van der Waals surface area (Å²) in [5.74, 6) is -0.550. The maximum absolute atomic E-state index is 11.5. The van der Waals surface area contributed by atoms with Crippen molar-refractivity contribution in [2.24, 2.45) is 5.73 Å². The Morgan fingerprint density at radius 1 is 1.47 bits per heavy atom. The van der Waals surface area contributed by atoms with Crippen LogP contribution in [0.5, 0.6) is 11.5 Å². The number of aromatic hydroxyl groups is 2. The lowest BCUT2D eigenvalue weighted by atomic mass is 9.87. The largest absolute Gasteiger partial charge is 0.508 e. The summed E-state index contributed by atoms with van der Waals surface area (Å²) < 4.78 is 4.63. The minimum atomic E-state index is -0.789. The zero-order valence-electron chi connectivity index (χ0n) is 9.51. The average Bonchev–Trinajstić information content (AvgIpc) is 3.08. The van der Waals surface area contributed by atoms with Crippen molar-refractivity contribution in [3.8, 4) is 11.5 Å². The van der Waals surface area contributed by atoms with Crippen LogP contribution in [0.4, 0.5) is 0 Å². The van der Waals surface area contributed by atoms with E-state index < -0.39 is 17.4 Å². The molecule has 17 heavy (non-hydrogen) atoms. The Morgan fingerprint density at radius 3 is 2.59 bits per heavy atom. The number of phenolic OH excluding ortho intramolecular Hbond substituents is 2. The van der Waals surface area contributed by atoms with Crippen LogP contribution in [0.1, 0.15) is 18.4 Å². The number of ether oxygens (including phenoxy) is 1. The van der Waals surface area contributed by atoms with E-state index in [0.717, 1.165) is 12.8 Å². The van der Waals surface area contributed by atoms with Crippen molar-refractivity contribution in [3.63, 3.8) is 0 Å². The molecule has 5 heteroatoms. The number of carbonyl (C=O) groups excluding carboxylic acids is 1. The highest BCUT2D eigenvalue weighted by Crippen LogP contribution is 2.53. The lowest BCUT2D eigenvalue weighted by Crippen LogP contribution is -2.42. The van der Waals surface area contributed by atoms with Crippen molar-refractivity contribution in [3.05, 3.63) is 23.8 Å². The van der Waals surface area contributed by atoms with Gasteiger partial charge in [-0.2, -0.15) is 0 Å². The van der Waals surface area contributed by atoms with E-state index in [1.54, 1.807) is 6.07 Å². The standard InChI is InChI=1S/C12H15NO4/c1-17-11(16)10(13)12(4-5-12)8-3-2-7(14)6-9(8)15/h2-3,6,10,14-15H,4-5,13H2,1H3. The molecule has 0 bridgehead atoms. The van der Waals surface area contributed by atoms with Gasteiger partial charge >= 0.3 is 5.97 Å². The van der Waals surface area contributed by atoms with Gasteiger partial charge in [-0.25, -0.2) is 0 Å². The summed E-state index contributed by atoms with van der Waals surface area (Å²) in [5.41, 5.74) is 5.90. The Kier molecular flexibility index (Phi) is 2.71. The van der Waals surface area contributed by atoms with E-state index in [-0.39, 0.29) is 11.5 Å². The first-order valence-electron chi connectivity index (χ1n) is 5.37. The van der Waals surface area contributed by atoms with Crippen LogP contribution in [0.2, 0.25) is 0 Å². The summed E-state index contributed by atoms with van der Waals surface area (Å²) in [7, 11) is 1.29. The lowest BCUT2D eigenvalue weighted by molar-refractivity contribution is -0.143. The number of carbonyl (C=O) groups is 1. The minimum Gasteiger partial charge on any atom is -0.508 e. The van der Waals surface area contributed by atoms with Crippen LogP contribution < -0.4 is 5.73 Å². The van der Waals surface area contributed by atoms with Crippen LogP contribution in [0.15, 0.2) is 18.2 Å². The maximum atomic E-state index is 11.5. The van der Waals surface area contributed by atoms with Gasteiger partial charge in [0.2, 0.25) is 0 Å². The molecule has 5 nitrogen and oxygen atoms in total. The summed E-state index contributed by atoms with van der Waals surface area (Å²) in [6.07, 6.45) is 1.45. The van der Waals surface area contributed by atoms with E-state index in [2.05, 4.69) is 4.74 Å². The first kappa shape index (κ1) is 11.7. The number of rotatable bonds is 3. The fraction of sp³-hybridized carbons (Fsp3) is 0.417. The predicted octanol–water partition coefficient (Wildman–Crippen LogP) is 0.630. The number of hydrogen-bond acceptors (Lipinski definition) is 5. The van der Waals surface area contributed by atoms with E-state index >= 15 is 0 Å². The monoisotopic (exact) mass is 237 g/mol. The Morgan fingerprint density at radius 2 is 2.12 bits per heavy atom. The van der Waals surface area contributed by atoms with Gasteiger partial charge in [-0.15, -0.1) is 0 Å². The molecule has 1 fully saturated rings. The van der Waals surface area contributed by atoms with Crippen molar-refractivity contribution in [2.45, 2.75) is 24.3 Å². The van der Waals surface area contributed by atoms with E-state index in [0.29, 0.717) is 5.56 Å². The molecule has 2 rings (SSSR count). The fourth-order valence-corrected chi connectivity index (χ4v) is 2.18. The van der Waals surface area contributed by atoms with Gasteiger partial charge < -0.3 is 20.7 Å². The topological polar surface area (TPSA) is 92.8 Å². The molecule has 1 atom stereocenters. The maximum Gasteiger partial charge on any atom is 0.323 e. The van der Waals surface area contributed by atoms with Crippen LogP contribution in [-0.4, -0.2) is 29.3 Å². The Hall–Kier alpha value is -1.75. The summed E-state index contributed by atoms with van der Waals surface area (Å²) in [5, 5.41) is 19.0. The van der Waals surface area contributed by atoms with E-state index in [1.165, 1.54) is 19.2 Å². The number of esters is 1. The average molecular weight is 237 g/mol. The molecular formula is C12H15NO4. The van der Waals surface area contributed by atoms with Crippen molar-refractivity contribution in [1.29, 1.82) is 0 Å². The molecule has 0 heterocycles. The van der Waals surface area contributed by atoms with E-state index in [9.17, 15) is 15.0 Å². The van der Waals surface area contributed by atoms with Gasteiger partial charge in [0.05, 0.1) is 7.11 Å². The SMILES string of the molecule is COC(=O)C(N)C1(c2ccc(O)cc2O)CC1. The molecule has 0 aliphatic heterocycles. The molecule has 1 saturated carbocycles. The second-order valence-electron chi connectivity index (χ2n) is 4.36. The third kappa shape index (κ3) is 1.82. The molecule has 1 unspecified atom stereocenters. The second-order valence-corrected chi connectivity index (χ2v) is 4.36. The third-order valence-corrected chi connectivity index (χ3v) is 3.36. The third-order valence-electron chi connectivity index (χ3n) is 3.36. The van der Waals surface area contributed by atoms with E-state index in [4.69, 9.17) is 5.73 Å². The van der Waals surface area contributed by atoms with Gasteiger partial charge in [0.25, 0.3) is 0 Å². The van der Waals surface area contributed by atoms with Gasteiger partial charge in [-0.3, -0.25) is 4.79 Å². The van der Waals surface area contributed by atoms with Crippen molar-refractivity contribution in [1.82, 2.24) is 0 Å². The number of phenols is 2. The highest BCUT2D eigenvalue weighted by Gasteiger charge is 2.54. The molecule has 1 aliphatic rings. The van der Waals surface area contributed by atoms with Crippen LogP contribution in [0, 0.1) is 0 Å². The number of methoxy groups -OCH3 is 1. The summed E-state index contributed by atoms with van der Waals surface area (Å²) in [6.45, 7) is 0. The van der Waals surface area contributed by atoms with Crippen molar-refractivity contribution < 1.29 is 19.7 Å². The first-order chi connectivity index (χ1) is 8.01. The smallest absolute Gasteiger partial charge is 0.323 e. The molecular weight excluding hydrogens is 222 g/mol. The summed E-state index contributed by atoms with van der Waals surface area (Å²) in [6, 6.07) is 3.53.